The van der Waals surface area contributed by atoms with E-state index in [4.69, 9.17) is 44.6 Å². The van der Waals surface area contributed by atoms with Crippen LogP contribution in [-0.2, 0) is 27.2 Å². The van der Waals surface area contributed by atoms with E-state index in [1.54, 1.807) is 6.92 Å². The maximum atomic E-state index is 12.0. The number of rotatable bonds is 7. The lowest BCUT2D eigenvalue weighted by Crippen LogP contribution is -2.31. The third kappa shape index (κ3) is 10.6. The Morgan fingerprint density at radius 2 is 1.67 bits per heavy atom. The number of hydrogen-bond donors (Lipinski definition) is 3. The summed E-state index contributed by atoms with van der Waals surface area (Å²) in [5.41, 5.74) is 9.14. The molecule has 0 amide bonds. The molecule has 0 fully saturated rings. The zero-order valence-corrected chi connectivity index (χ0v) is 18.2. The molecule has 1 rings (SSSR count). The molecule has 0 saturated carbocycles. The number of esters is 1. The van der Waals surface area contributed by atoms with E-state index in [0.29, 0.717) is 0 Å². The quantitative estimate of drug-likeness (QED) is 0.438. The van der Waals surface area contributed by atoms with E-state index in [1.165, 1.54) is 16.7 Å². The molecule has 9 heteroatoms. The van der Waals surface area contributed by atoms with E-state index < -0.39 is 21.8 Å². The second-order valence-electron chi connectivity index (χ2n) is 5.85. The molecule has 0 spiro atoms. The van der Waals surface area contributed by atoms with Crippen LogP contribution in [0.3, 0.4) is 0 Å². The van der Waals surface area contributed by atoms with Crippen LogP contribution in [0, 0.1) is 6.92 Å². The molecule has 0 bridgehead atoms. The van der Waals surface area contributed by atoms with Gasteiger partial charge in [-0.2, -0.15) is 0 Å². The zero-order valence-electron chi connectivity index (χ0n) is 15.9. The number of anilines is 1. The highest BCUT2D eigenvalue weighted by molar-refractivity contribution is 6.67. The maximum absolute atomic E-state index is 12.0. The van der Waals surface area contributed by atoms with Crippen LogP contribution in [0.5, 0.6) is 0 Å². The second kappa shape index (κ2) is 12.3. The number of aryl methyl sites for hydroxylation is 3. The van der Waals surface area contributed by atoms with Crippen molar-refractivity contribution in [2.75, 3.05) is 18.5 Å². The first-order chi connectivity index (χ1) is 12.4. The molecule has 0 aliphatic carbocycles. The molecule has 1 atom stereocenters. The largest absolute Gasteiger partial charge is 0.480 e. The number of aliphatic carboxylic acids is 1. The molecule has 154 valence electrons. The molecule has 1 aromatic carbocycles. The SMILES string of the molecule is CCc1cc(C)cc(CC)c1N[C@@H](C)C(=O)OCC(Cl)(Cl)Cl.NCC(=O)O. The predicted molar refractivity (Wildman–Crippen MR) is 111 cm³/mol. The molecule has 6 nitrogen and oxygen atoms in total. The Bertz CT molecular complexity index is 609. The Morgan fingerprint density at radius 1 is 1.22 bits per heavy atom. The van der Waals surface area contributed by atoms with Crippen LogP contribution in [0.25, 0.3) is 0 Å². The minimum atomic E-state index is -1.59. The summed E-state index contributed by atoms with van der Waals surface area (Å²) in [4.78, 5) is 21.2. The van der Waals surface area contributed by atoms with Gasteiger partial charge in [0.05, 0.1) is 6.54 Å². The molecule has 0 heterocycles. The number of alkyl halides is 3. The van der Waals surface area contributed by atoms with Gasteiger partial charge >= 0.3 is 11.9 Å². The number of carbonyl (C=O) groups is 2. The molecule has 27 heavy (non-hydrogen) atoms. The summed E-state index contributed by atoms with van der Waals surface area (Å²) in [6.07, 6.45) is 1.76. The Labute approximate surface area is 175 Å². The normalized spacial score (nSPS) is 11.9. The van der Waals surface area contributed by atoms with E-state index in [9.17, 15) is 9.59 Å². The summed E-state index contributed by atoms with van der Waals surface area (Å²) >= 11 is 16.8. The van der Waals surface area contributed by atoms with Gasteiger partial charge in [-0.25, -0.2) is 4.79 Å². The lowest BCUT2D eigenvalue weighted by molar-refractivity contribution is -0.144. The van der Waals surface area contributed by atoms with Gasteiger partial charge in [-0.05, 0) is 37.8 Å². The summed E-state index contributed by atoms with van der Waals surface area (Å²) < 4.78 is 3.42. The zero-order chi connectivity index (χ0) is 21.2. The molecule has 4 N–H and O–H groups in total. The summed E-state index contributed by atoms with van der Waals surface area (Å²) in [7, 11) is 0. The highest BCUT2D eigenvalue weighted by Gasteiger charge is 2.24. The monoisotopic (exact) mass is 440 g/mol. The van der Waals surface area contributed by atoms with Crippen LogP contribution in [0.4, 0.5) is 5.69 Å². The van der Waals surface area contributed by atoms with Crippen molar-refractivity contribution >= 4 is 52.4 Å². The maximum Gasteiger partial charge on any atom is 0.328 e. The van der Waals surface area contributed by atoms with Crippen molar-refractivity contribution in [2.45, 2.75) is 50.4 Å². The highest BCUT2D eigenvalue weighted by atomic mass is 35.6. The van der Waals surface area contributed by atoms with Gasteiger partial charge in [0.15, 0.2) is 0 Å². The van der Waals surface area contributed by atoms with Gasteiger partial charge in [-0.3, -0.25) is 4.79 Å². The van der Waals surface area contributed by atoms with Crippen molar-refractivity contribution in [3.05, 3.63) is 28.8 Å². The minimum Gasteiger partial charge on any atom is -0.480 e. The summed E-state index contributed by atoms with van der Waals surface area (Å²) in [6, 6.07) is 3.73. The Morgan fingerprint density at radius 3 is 2.00 bits per heavy atom. The van der Waals surface area contributed by atoms with Gasteiger partial charge in [-0.1, -0.05) is 66.3 Å². The molecular formula is C18H27Cl3N2O4. The highest BCUT2D eigenvalue weighted by Crippen LogP contribution is 2.27. The van der Waals surface area contributed by atoms with Crippen LogP contribution >= 0.6 is 34.8 Å². The van der Waals surface area contributed by atoms with Crippen molar-refractivity contribution < 1.29 is 19.4 Å². The van der Waals surface area contributed by atoms with Crippen molar-refractivity contribution in [1.29, 1.82) is 0 Å². The van der Waals surface area contributed by atoms with E-state index in [-0.39, 0.29) is 13.2 Å². The standard InChI is InChI=1S/C16H22Cl3NO2.C2H5NO2/c1-5-12-7-10(3)8-13(6-2)14(12)20-11(4)15(21)22-9-16(17,18)19;3-1-2(4)5/h7-8,11,20H,5-6,9H2,1-4H3;1,3H2,(H,4,5)/t11-;/m0./s1. The molecule has 0 unspecified atom stereocenters. The fourth-order valence-electron chi connectivity index (χ4n) is 2.24. The number of halogens is 3. The summed E-state index contributed by atoms with van der Waals surface area (Å²) in [5, 5.41) is 10.8. The van der Waals surface area contributed by atoms with Gasteiger partial charge in [0, 0.05) is 5.69 Å². The van der Waals surface area contributed by atoms with Crippen molar-refractivity contribution in [3.63, 3.8) is 0 Å². The lowest BCUT2D eigenvalue weighted by Gasteiger charge is -2.21. The van der Waals surface area contributed by atoms with E-state index >= 15 is 0 Å². The number of carboxylic acid groups (broad SMARTS) is 1. The third-order valence-corrected chi connectivity index (χ3v) is 3.80. The number of carbonyl (C=O) groups excluding carboxylic acids is 1. The first kappa shape index (κ1) is 25.8. The van der Waals surface area contributed by atoms with Gasteiger partial charge in [0.25, 0.3) is 0 Å². The number of benzene rings is 1. The van der Waals surface area contributed by atoms with Gasteiger partial charge in [0.1, 0.15) is 12.6 Å². The third-order valence-electron chi connectivity index (χ3n) is 3.47. The molecule has 0 aromatic heterocycles. The molecular weight excluding hydrogens is 415 g/mol. The Kier molecular flexibility index (Phi) is 11.7. The van der Waals surface area contributed by atoms with Crippen LogP contribution in [0.15, 0.2) is 12.1 Å². The number of ether oxygens (including phenoxy) is 1. The average molecular weight is 442 g/mol. The van der Waals surface area contributed by atoms with Gasteiger partial charge < -0.3 is 20.9 Å². The van der Waals surface area contributed by atoms with Gasteiger partial charge in [-0.15, -0.1) is 0 Å². The molecule has 0 aliphatic heterocycles. The number of carboxylic acids is 1. The molecule has 0 radical (unpaired) electrons. The minimum absolute atomic E-state index is 0.266. The van der Waals surface area contributed by atoms with Crippen molar-refractivity contribution in [2.24, 2.45) is 5.73 Å². The second-order valence-corrected chi connectivity index (χ2v) is 8.37. The number of hydrogen-bond acceptors (Lipinski definition) is 5. The van der Waals surface area contributed by atoms with Crippen molar-refractivity contribution in [3.8, 4) is 0 Å². The van der Waals surface area contributed by atoms with E-state index in [2.05, 4.69) is 44.0 Å². The molecule has 1 aromatic rings. The first-order valence-electron chi connectivity index (χ1n) is 8.49. The average Bonchev–Trinajstić information content (AvgIpc) is 2.60. The topological polar surface area (TPSA) is 102 Å². The fraction of sp³-hybridized carbons (Fsp3) is 0.556. The first-order valence-corrected chi connectivity index (χ1v) is 9.62. The van der Waals surface area contributed by atoms with E-state index in [1.807, 2.05) is 0 Å². The van der Waals surface area contributed by atoms with E-state index in [0.717, 1.165) is 18.5 Å². The van der Waals surface area contributed by atoms with Crippen LogP contribution in [-0.4, -0.2) is 40.0 Å². The van der Waals surface area contributed by atoms with Crippen LogP contribution in [0.1, 0.15) is 37.5 Å². The van der Waals surface area contributed by atoms with Crippen LogP contribution < -0.4 is 11.1 Å². The Hall–Kier alpha value is -1.21. The van der Waals surface area contributed by atoms with Crippen molar-refractivity contribution in [1.82, 2.24) is 0 Å². The number of nitrogens with two attached hydrogens (primary N) is 1. The van der Waals surface area contributed by atoms with Crippen LogP contribution in [0.2, 0.25) is 0 Å². The molecule has 0 saturated heterocycles. The summed E-state index contributed by atoms with van der Waals surface area (Å²) in [5.74, 6) is -1.42. The smallest absolute Gasteiger partial charge is 0.328 e. The summed E-state index contributed by atoms with van der Waals surface area (Å²) in [6.45, 7) is 7.44. The molecule has 0 aliphatic rings. The fourth-order valence-corrected chi connectivity index (χ4v) is 2.40. The van der Waals surface area contributed by atoms with Gasteiger partial charge in [0.2, 0.25) is 3.79 Å². The lowest BCUT2D eigenvalue weighted by atomic mass is 9.99. The predicted octanol–water partition coefficient (Wildman–Crippen LogP) is 3.86. The Balaban J connectivity index is 0.00000119. The number of nitrogens with one attached hydrogen (secondary N) is 1.